The van der Waals surface area contributed by atoms with Gasteiger partial charge in [0, 0.05) is 11.1 Å². The maximum Gasteiger partial charge on any atom is 0.258 e. The summed E-state index contributed by atoms with van der Waals surface area (Å²) in [6, 6.07) is 14.0. The van der Waals surface area contributed by atoms with Gasteiger partial charge in [0.1, 0.15) is 5.82 Å². The molecule has 0 radical (unpaired) electrons. The van der Waals surface area contributed by atoms with Crippen LogP contribution in [0, 0.1) is 5.92 Å². The molecule has 27 heavy (non-hydrogen) atoms. The fourth-order valence-electron chi connectivity index (χ4n) is 3.28. The van der Waals surface area contributed by atoms with Gasteiger partial charge in [-0.2, -0.15) is 0 Å². The summed E-state index contributed by atoms with van der Waals surface area (Å²) in [6.07, 6.45) is 0. The van der Waals surface area contributed by atoms with Crippen LogP contribution in [-0.4, -0.2) is 9.97 Å². The van der Waals surface area contributed by atoms with E-state index in [9.17, 15) is 4.79 Å². The highest BCUT2D eigenvalue weighted by Gasteiger charge is 2.16. The summed E-state index contributed by atoms with van der Waals surface area (Å²) in [5.74, 6) is 1.53. The molecule has 0 fully saturated rings. The zero-order chi connectivity index (χ0) is 19.6. The second kappa shape index (κ2) is 8.24. The predicted octanol–water partition coefficient (Wildman–Crippen LogP) is 5.19. The Hall–Kier alpha value is -2.17. The number of hydrogen-bond donors (Lipinski definition) is 2. The molecule has 0 saturated carbocycles. The van der Waals surface area contributed by atoms with Gasteiger partial charge in [-0.1, -0.05) is 63.6 Å². The third-order valence-electron chi connectivity index (χ3n) is 4.84. The summed E-state index contributed by atoms with van der Waals surface area (Å²) >= 11 is 6.04. The van der Waals surface area contributed by atoms with E-state index in [1.807, 2.05) is 0 Å². The van der Waals surface area contributed by atoms with Crippen molar-refractivity contribution in [1.29, 1.82) is 0 Å². The minimum absolute atomic E-state index is 0.143. The molecular formula is C22H26ClN3O. The van der Waals surface area contributed by atoms with Crippen molar-refractivity contribution in [2.24, 2.45) is 5.92 Å². The second-order valence-electron chi connectivity index (χ2n) is 7.60. The molecule has 1 atom stereocenters. The van der Waals surface area contributed by atoms with Crippen LogP contribution in [0.15, 0.2) is 47.3 Å². The number of halogens is 1. The SMILES string of the molecule is CC(C)c1ccc([C@@H](NCc2nc3cc(Cl)ccc3c(=O)[nH]2)C(C)C)cc1. The third-order valence-corrected chi connectivity index (χ3v) is 5.07. The van der Waals surface area contributed by atoms with Crippen molar-refractivity contribution in [3.63, 3.8) is 0 Å². The molecule has 0 spiro atoms. The lowest BCUT2D eigenvalue weighted by Gasteiger charge is -2.23. The maximum atomic E-state index is 12.3. The minimum Gasteiger partial charge on any atom is -0.309 e. The zero-order valence-electron chi connectivity index (χ0n) is 16.2. The molecule has 0 aliphatic carbocycles. The van der Waals surface area contributed by atoms with Crippen molar-refractivity contribution in [3.8, 4) is 0 Å². The molecule has 0 unspecified atom stereocenters. The average molecular weight is 384 g/mol. The van der Waals surface area contributed by atoms with Crippen LogP contribution in [0.3, 0.4) is 0 Å². The Morgan fingerprint density at radius 2 is 1.70 bits per heavy atom. The number of benzene rings is 2. The van der Waals surface area contributed by atoms with Gasteiger partial charge >= 0.3 is 0 Å². The van der Waals surface area contributed by atoms with Crippen molar-refractivity contribution in [3.05, 3.63) is 74.8 Å². The molecule has 0 saturated heterocycles. The molecule has 1 aromatic heterocycles. The first-order chi connectivity index (χ1) is 12.8. The van der Waals surface area contributed by atoms with Crippen LogP contribution in [0.1, 0.15) is 56.6 Å². The molecule has 2 aromatic carbocycles. The van der Waals surface area contributed by atoms with Crippen LogP contribution < -0.4 is 10.9 Å². The van der Waals surface area contributed by atoms with Crippen molar-refractivity contribution < 1.29 is 0 Å². The van der Waals surface area contributed by atoms with Gasteiger partial charge < -0.3 is 10.3 Å². The van der Waals surface area contributed by atoms with Crippen molar-refractivity contribution >= 4 is 22.5 Å². The van der Waals surface area contributed by atoms with Crippen LogP contribution >= 0.6 is 11.6 Å². The summed E-state index contributed by atoms with van der Waals surface area (Å²) in [7, 11) is 0. The van der Waals surface area contributed by atoms with E-state index >= 15 is 0 Å². The molecule has 5 heteroatoms. The van der Waals surface area contributed by atoms with E-state index in [1.165, 1.54) is 11.1 Å². The Kier molecular flexibility index (Phi) is 5.98. The Morgan fingerprint density at radius 1 is 1.04 bits per heavy atom. The summed E-state index contributed by atoms with van der Waals surface area (Å²) in [4.78, 5) is 19.7. The van der Waals surface area contributed by atoms with E-state index in [4.69, 9.17) is 11.6 Å². The first kappa shape index (κ1) is 19.6. The van der Waals surface area contributed by atoms with Gasteiger partial charge in [0.25, 0.3) is 5.56 Å². The summed E-state index contributed by atoms with van der Waals surface area (Å²) < 4.78 is 0. The number of aromatic amines is 1. The van der Waals surface area contributed by atoms with Crippen LogP contribution in [0.25, 0.3) is 10.9 Å². The predicted molar refractivity (Wildman–Crippen MR) is 112 cm³/mol. The van der Waals surface area contributed by atoms with E-state index in [0.717, 1.165) is 0 Å². The first-order valence-electron chi connectivity index (χ1n) is 9.37. The van der Waals surface area contributed by atoms with E-state index in [2.05, 4.69) is 67.2 Å². The smallest absolute Gasteiger partial charge is 0.258 e. The van der Waals surface area contributed by atoms with Gasteiger partial charge in [-0.3, -0.25) is 4.79 Å². The van der Waals surface area contributed by atoms with Crippen LogP contribution in [-0.2, 0) is 6.54 Å². The highest BCUT2D eigenvalue weighted by molar-refractivity contribution is 6.31. The third kappa shape index (κ3) is 4.57. The average Bonchev–Trinajstić information content (AvgIpc) is 2.61. The second-order valence-corrected chi connectivity index (χ2v) is 8.03. The highest BCUT2D eigenvalue weighted by atomic mass is 35.5. The number of aromatic nitrogens is 2. The Labute approximate surface area is 165 Å². The molecule has 0 aliphatic heterocycles. The summed E-state index contributed by atoms with van der Waals surface area (Å²) in [5, 5.41) is 4.66. The quantitative estimate of drug-likeness (QED) is 0.616. The van der Waals surface area contributed by atoms with Gasteiger partial charge in [-0.15, -0.1) is 0 Å². The number of H-pyrrole nitrogens is 1. The van der Waals surface area contributed by atoms with Gasteiger partial charge in [0.05, 0.1) is 17.4 Å². The monoisotopic (exact) mass is 383 g/mol. The number of fused-ring (bicyclic) bond motifs is 1. The Balaban J connectivity index is 1.82. The molecule has 142 valence electrons. The first-order valence-corrected chi connectivity index (χ1v) is 9.74. The molecule has 1 heterocycles. The van der Waals surface area contributed by atoms with Crippen molar-refractivity contribution in [1.82, 2.24) is 15.3 Å². The van der Waals surface area contributed by atoms with Gasteiger partial charge in [0.2, 0.25) is 0 Å². The van der Waals surface area contributed by atoms with Gasteiger partial charge in [0.15, 0.2) is 0 Å². The fraction of sp³-hybridized carbons (Fsp3) is 0.364. The zero-order valence-corrected chi connectivity index (χ0v) is 17.0. The largest absolute Gasteiger partial charge is 0.309 e. The van der Waals surface area contributed by atoms with E-state index < -0.39 is 0 Å². The van der Waals surface area contributed by atoms with Gasteiger partial charge in [-0.25, -0.2) is 4.98 Å². The van der Waals surface area contributed by atoms with Crippen molar-refractivity contribution in [2.75, 3.05) is 0 Å². The van der Waals surface area contributed by atoms with Crippen LogP contribution in [0.2, 0.25) is 5.02 Å². The fourth-order valence-corrected chi connectivity index (χ4v) is 3.44. The lowest BCUT2D eigenvalue weighted by molar-refractivity contribution is 0.406. The molecule has 0 aliphatic rings. The lowest BCUT2D eigenvalue weighted by Crippen LogP contribution is -2.27. The topological polar surface area (TPSA) is 57.8 Å². The molecule has 0 amide bonds. The minimum atomic E-state index is -0.143. The van der Waals surface area contributed by atoms with Crippen molar-refractivity contribution in [2.45, 2.75) is 46.2 Å². The molecular weight excluding hydrogens is 358 g/mol. The van der Waals surface area contributed by atoms with Crippen LogP contribution in [0.4, 0.5) is 0 Å². The highest BCUT2D eigenvalue weighted by Crippen LogP contribution is 2.24. The van der Waals surface area contributed by atoms with E-state index in [0.29, 0.717) is 40.1 Å². The molecule has 2 N–H and O–H groups in total. The lowest BCUT2D eigenvalue weighted by atomic mass is 9.93. The Morgan fingerprint density at radius 3 is 2.33 bits per heavy atom. The molecule has 4 nitrogen and oxygen atoms in total. The maximum absolute atomic E-state index is 12.3. The van der Waals surface area contributed by atoms with Crippen LogP contribution in [0.5, 0.6) is 0 Å². The number of nitrogens with zero attached hydrogens (tertiary/aromatic N) is 1. The van der Waals surface area contributed by atoms with Gasteiger partial charge in [-0.05, 0) is 41.2 Å². The molecule has 3 aromatic rings. The number of rotatable bonds is 6. The summed E-state index contributed by atoms with van der Waals surface area (Å²) in [6.45, 7) is 9.24. The number of nitrogens with one attached hydrogen (secondary N) is 2. The summed E-state index contributed by atoms with van der Waals surface area (Å²) in [5.41, 5.74) is 3.04. The standard InChI is InChI=1S/C22H26ClN3O/c1-13(2)15-5-7-16(8-6-15)21(14(3)4)24-12-20-25-19-11-17(23)9-10-18(19)22(27)26-20/h5-11,13-14,21,24H,12H2,1-4H3,(H,25,26,27)/t21-/m0/s1. The van der Waals surface area contributed by atoms with E-state index in [-0.39, 0.29) is 11.6 Å². The Bertz CT molecular complexity index is 977. The van der Waals surface area contributed by atoms with E-state index in [1.54, 1.807) is 18.2 Å². The molecule has 0 bridgehead atoms. The molecule has 3 rings (SSSR count). The number of hydrogen-bond acceptors (Lipinski definition) is 3. The normalized spacial score (nSPS) is 12.9.